The number of sulfonamides is 1. The molecule has 0 aromatic rings. The molecule has 1 fully saturated rings. The summed E-state index contributed by atoms with van der Waals surface area (Å²) in [5.41, 5.74) is -0.871. The van der Waals surface area contributed by atoms with Gasteiger partial charge in [-0.15, -0.1) is 0 Å². The lowest BCUT2D eigenvalue weighted by atomic mass is 9.84. The molecule has 0 radical (unpaired) electrons. The Morgan fingerprint density at radius 1 is 1.19 bits per heavy atom. The Morgan fingerprint density at radius 2 is 1.69 bits per heavy atom. The third-order valence-corrected chi connectivity index (χ3v) is 5.33. The predicted molar refractivity (Wildman–Crippen MR) is 63.2 cm³/mol. The van der Waals surface area contributed by atoms with Crippen molar-refractivity contribution in [2.75, 3.05) is 0 Å². The van der Waals surface area contributed by atoms with Crippen LogP contribution in [0.5, 0.6) is 0 Å². The molecule has 1 saturated carbocycles. The second-order valence-corrected chi connectivity index (χ2v) is 7.91. The van der Waals surface area contributed by atoms with Crippen LogP contribution in [0.15, 0.2) is 0 Å². The summed E-state index contributed by atoms with van der Waals surface area (Å²) in [6.45, 7) is 4.93. The summed E-state index contributed by atoms with van der Waals surface area (Å²) >= 11 is 0. The van der Waals surface area contributed by atoms with Gasteiger partial charge in [0.2, 0.25) is 10.0 Å². The van der Waals surface area contributed by atoms with E-state index in [2.05, 4.69) is 10.8 Å². The van der Waals surface area contributed by atoms with Crippen LogP contribution >= 0.6 is 0 Å². The monoisotopic (exact) mass is 244 g/mol. The molecule has 0 atom stereocenters. The number of nitriles is 1. The second-order valence-electron chi connectivity index (χ2n) is 5.47. The topological polar surface area (TPSA) is 70.0 Å². The first-order chi connectivity index (χ1) is 7.22. The number of nitrogens with zero attached hydrogens (tertiary/aromatic N) is 1. The molecule has 0 unspecified atom stereocenters. The van der Waals surface area contributed by atoms with Gasteiger partial charge in [0.25, 0.3) is 0 Å². The van der Waals surface area contributed by atoms with E-state index in [0.717, 1.165) is 19.3 Å². The van der Waals surface area contributed by atoms with Crippen molar-refractivity contribution in [1.82, 2.24) is 4.72 Å². The maximum Gasteiger partial charge on any atom is 0.217 e. The van der Waals surface area contributed by atoms with Crippen LogP contribution < -0.4 is 4.72 Å². The summed E-state index contributed by atoms with van der Waals surface area (Å²) in [5, 5.41) is 9.19. The van der Waals surface area contributed by atoms with E-state index in [0.29, 0.717) is 12.8 Å². The number of hydrogen-bond acceptors (Lipinski definition) is 3. The zero-order valence-electron chi connectivity index (χ0n) is 10.2. The smallest absolute Gasteiger partial charge is 0.212 e. The van der Waals surface area contributed by atoms with Gasteiger partial charge in [-0.25, -0.2) is 8.42 Å². The van der Waals surface area contributed by atoms with E-state index >= 15 is 0 Å². The molecule has 1 N–H and O–H groups in total. The van der Waals surface area contributed by atoms with Crippen molar-refractivity contribution in [3.63, 3.8) is 0 Å². The lowest BCUT2D eigenvalue weighted by molar-refractivity contribution is 0.335. The highest BCUT2D eigenvalue weighted by molar-refractivity contribution is 7.90. The van der Waals surface area contributed by atoms with Crippen molar-refractivity contribution in [2.45, 2.75) is 63.2 Å². The normalized spacial score (nSPS) is 21.4. The molecule has 0 aliphatic heterocycles. The number of rotatable bonds is 2. The molecule has 1 aliphatic carbocycles. The lowest BCUT2D eigenvalue weighted by Gasteiger charge is -2.34. The predicted octanol–water partition coefficient (Wildman–Crippen LogP) is 1.93. The molecule has 92 valence electrons. The average molecular weight is 244 g/mol. The van der Waals surface area contributed by atoms with Crippen molar-refractivity contribution < 1.29 is 8.42 Å². The van der Waals surface area contributed by atoms with Crippen LogP contribution in [0.2, 0.25) is 0 Å². The third kappa shape index (κ3) is 2.74. The molecule has 0 heterocycles. The Hall–Kier alpha value is -0.600. The lowest BCUT2D eigenvalue weighted by Crippen LogP contribution is -2.53. The molecular formula is C11H20N2O2S. The molecule has 4 nitrogen and oxygen atoms in total. The van der Waals surface area contributed by atoms with Crippen LogP contribution in [0.25, 0.3) is 0 Å². The minimum atomic E-state index is -3.44. The van der Waals surface area contributed by atoms with Gasteiger partial charge in [0, 0.05) is 0 Å². The Morgan fingerprint density at radius 3 is 2.06 bits per heavy atom. The molecule has 1 rings (SSSR count). The highest BCUT2D eigenvalue weighted by Gasteiger charge is 2.40. The first-order valence-electron chi connectivity index (χ1n) is 5.67. The summed E-state index contributed by atoms with van der Waals surface area (Å²) in [5.74, 6) is 0. The molecule has 5 heteroatoms. The molecule has 1 aliphatic rings. The Labute approximate surface area is 98.1 Å². The fraction of sp³-hybridized carbons (Fsp3) is 0.909. The molecular weight excluding hydrogens is 224 g/mol. The van der Waals surface area contributed by atoms with Gasteiger partial charge in [-0.1, -0.05) is 19.3 Å². The van der Waals surface area contributed by atoms with E-state index in [-0.39, 0.29) is 0 Å². The molecule has 0 aromatic carbocycles. The highest BCUT2D eigenvalue weighted by atomic mass is 32.2. The van der Waals surface area contributed by atoms with Crippen LogP contribution in [0.4, 0.5) is 0 Å². The van der Waals surface area contributed by atoms with Crippen molar-refractivity contribution in [3.8, 4) is 6.07 Å². The number of nitrogens with one attached hydrogen (secondary N) is 1. The Bertz CT molecular complexity index is 381. The summed E-state index contributed by atoms with van der Waals surface area (Å²) in [6.07, 6.45) is 4.17. The fourth-order valence-corrected chi connectivity index (χ4v) is 2.87. The minimum Gasteiger partial charge on any atom is -0.212 e. The van der Waals surface area contributed by atoms with Crippen molar-refractivity contribution in [3.05, 3.63) is 0 Å². The second kappa shape index (κ2) is 4.34. The SMILES string of the molecule is CC(C)(C)S(=O)(=O)NC1(C#N)CCCCC1. The first-order valence-corrected chi connectivity index (χ1v) is 7.16. The molecule has 0 saturated heterocycles. The quantitative estimate of drug-likeness (QED) is 0.807. The fourth-order valence-electron chi connectivity index (χ4n) is 1.80. The van der Waals surface area contributed by atoms with Crippen molar-refractivity contribution >= 4 is 10.0 Å². The summed E-state index contributed by atoms with van der Waals surface area (Å²) in [7, 11) is -3.44. The molecule has 0 spiro atoms. The van der Waals surface area contributed by atoms with E-state index in [1.54, 1.807) is 20.8 Å². The van der Waals surface area contributed by atoms with Crippen LogP contribution in [-0.2, 0) is 10.0 Å². The van der Waals surface area contributed by atoms with Gasteiger partial charge in [0.1, 0.15) is 5.54 Å². The Kier molecular flexibility index (Phi) is 3.65. The highest BCUT2D eigenvalue weighted by Crippen LogP contribution is 2.30. The van der Waals surface area contributed by atoms with Gasteiger partial charge in [-0.2, -0.15) is 9.98 Å². The van der Waals surface area contributed by atoms with Crippen LogP contribution in [0.3, 0.4) is 0 Å². The van der Waals surface area contributed by atoms with E-state index in [1.165, 1.54) is 0 Å². The van der Waals surface area contributed by atoms with Crippen molar-refractivity contribution in [2.24, 2.45) is 0 Å². The van der Waals surface area contributed by atoms with Gasteiger partial charge < -0.3 is 0 Å². The van der Waals surface area contributed by atoms with Gasteiger partial charge in [0.15, 0.2) is 0 Å². The van der Waals surface area contributed by atoms with Crippen LogP contribution in [-0.4, -0.2) is 18.7 Å². The van der Waals surface area contributed by atoms with Crippen LogP contribution in [0.1, 0.15) is 52.9 Å². The summed E-state index contributed by atoms with van der Waals surface area (Å²) < 4.78 is 25.8. The molecule has 0 aromatic heterocycles. The maximum absolute atomic E-state index is 12.0. The number of hydrogen-bond donors (Lipinski definition) is 1. The Balaban J connectivity index is 2.91. The van der Waals surface area contributed by atoms with Gasteiger partial charge >= 0.3 is 0 Å². The van der Waals surface area contributed by atoms with Crippen LogP contribution in [0, 0.1) is 11.3 Å². The molecule has 0 bridgehead atoms. The zero-order valence-corrected chi connectivity index (χ0v) is 11.0. The molecule has 0 amide bonds. The van der Waals surface area contributed by atoms with Crippen molar-refractivity contribution in [1.29, 1.82) is 5.26 Å². The summed E-state index contributed by atoms with van der Waals surface area (Å²) in [6, 6.07) is 2.16. The average Bonchev–Trinajstić information content (AvgIpc) is 2.17. The third-order valence-electron chi connectivity index (χ3n) is 3.06. The first kappa shape index (κ1) is 13.5. The van der Waals surface area contributed by atoms with E-state index < -0.39 is 20.3 Å². The standard InChI is InChI=1S/C11H20N2O2S/c1-10(2,3)16(14,15)13-11(9-12)7-5-4-6-8-11/h13H,4-8H2,1-3H3. The molecule has 16 heavy (non-hydrogen) atoms. The van der Waals surface area contributed by atoms with Gasteiger partial charge in [-0.3, -0.25) is 0 Å². The van der Waals surface area contributed by atoms with Gasteiger partial charge in [-0.05, 0) is 33.6 Å². The maximum atomic E-state index is 12.0. The van der Waals surface area contributed by atoms with Gasteiger partial charge in [0.05, 0.1) is 10.8 Å². The van der Waals surface area contributed by atoms with E-state index in [4.69, 9.17) is 0 Å². The van der Waals surface area contributed by atoms with E-state index in [1.807, 2.05) is 0 Å². The minimum absolute atomic E-state index is 0.624. The largest absolute Gasteiger partial charge is 0.217 e. The summed E-state index contributed by atoms with van der Waals surface area (Å²) in [4.78, 5) is 0. The van der Waals surface area contributed by atoms with E-state index in [9.17, 15) is 13.7 Å². The zero-order chi connectivity index (χ0) is 12.4.